The van der Waals surface area contributed by atoms with Crippen molar-refractivity contribution >= 4 is 11.3 Å². The Hall–Kier alpha value is -1.13. The van der Waals surface area contributed by atoms with Crippen molar-refractivity contribution in [1.29, 1.82) is 0 Å². The molecule has 86 valence electrons. The van der Waals surface area contributed by atoms with E-state index in [-0.39, 0.29) is 0 Å². The largest absolute Gasteiger partial charge is 0.472 e. The van der Waals surface area contributed by atoms with E-state index in [4.69, 9.17) is 4.42 Å². The number of aryl methyl sites for hydroxylation is 1. The third-order valence-electron chi connectivity index (χ3n) is 2.48. The molecule has 2 aromatic heterocycles. The minimum Gasteiger partial charge on any atom is -0.472 e. The predicted molar refractivity (Wildman–Crippen MR) is 65.5 cm³/mol. The third kappa shape index (κ3) is 2.71. The summed E-state index contributed by atoms with van der Waals surface area (Å²) in [4.78, 5) is 5.76. The summed E-state index contributed by atoms with van der Waals surface area (Å²) < 4.78 is 5.02. The topological polar surface area (TPSA) is 38.1 Å². The van der Waals surface area contributed by atoms with E-state index in [1.165, 1.54) is 10.4 Å². The van der Waals surface area contributed by atoms with Gasteiger partial charge in [0.2, 0.25) is 0 Å². The molecule has 0 saturated carbocycles. The molecule has 2 aromatic rings. The third-order valence-corrected chi connectivity index (χ3v) is 3.81. The first kappa shape index (κ1) is 11.4. The molecule has 0 aliphatic carbocycles. The Bertz CT molecular complexity index is 422. The van der Waals surface area contributed by atoms with Gasteiger partial charge in [0.15, 0.2) is 0 Å². The maximum absolute atomic E-state index is 5.02. The van der Waals surface area contributed by atoms with Crippen LogP contribution in [-0.4, -0.2) is 4.98 Å². The lowest BCUT2D eigenvalue weighted by atomic mass is 10.3. The number of nitrogens with zero attached hydrogens (tertiary/aromatic N) is 1. The van der Waals surface area contributed by atoms with Crippen LogP contribution in [0.4, 0.5) is 0 Å². The lowest BCUT2D eigenvalue weighted by molar-refractivity contribution is 0.546. The van der Waals surface area contributed by atoms with E-state index in [0.717, 1.165) is 18.0 Å². The van der Waals surface area contributed by atoms with Crippen LogP contribution in [0.5, 0.6) is 0 Å². The highest BCUT2D eigenvalue weighted by Crippen LogP contribution is 2.20. The van der Waals surface area contributed by atoms with Gasteiger partial charge in [0.05, 0.1) is 18.6 Å². The Labute approximate surface area is 99.5 Å². The zero-order chi connectivity index (χ0) is 11.4. The van der Waals surface area contributed by atoms with Gasteiger partial charge in [0, 0.05) is 23.2 Å². The number of furan rings is 1. The number of rotatable bonds is 5. The summed E-state index contributed by atoms with van der Waals surface area (Å²) in [5, 5.41) is 4.58. The van der Waals surface area contributed by atoms with Crippen molar-refractivity contribution < 1.29 is 4.42 Å². The van der Waals surface area contributed by atoms with Crippen molar-refractivity contribution in [3.05, 3.63) is 40.2 Å². The molecule has 0 saturated heterocycles. The predicted octanol–water partition coefficient (Wildman–Crippen LogP) is 3.15. The number of hydrogen-bond donors (Lipinski definition) is 1. The highest BCUT2D eigenvalue weighted by molar-refractivity contribution is 7.11. The second-order valence-corrected chi connectivity index (χ2v) is 4.90. The Kier molecular flexibility index (Phi) is 3.74. The van der Waals surface area contributed by atoms with E-state index < -0.39 is 0 Å². The Morgan fingerprint density at radius 1 is 1.56 bits per heavy atom. The summed E-state index contributed by atoms with van der Waals surface area (Å²) in [7, 11) is 0. The zero-order valence-corrected chi connectivity index (χ0v) is 10.4. The van der Waals surface area contributed by atoms with Crippen LogP contribution in [0.25, 0.3) is 0 Å². The molecular weight excluding hydrogens is 220 g/mol. The minimum absolute atomic E-state index is 0.292. The van der Waals surface area contributed by atoms with Crippen LogP contribution in [0.15, 0.2) is 29.2 Å². The van der Waals surface area contributed by atoms with E-state index in [1.807, 2.05) is 12.3 Å². The van der Waals surface area contributed by atoms with Gasteiger partial charge < -0.3 is 9.73 Å². The molecule has 0 aliphatic heterocycles. The van der Waals surface area contributed by atoms with Crippen molar-refractivity contribution in [3.63, 3.8) is 0 Å². The first-order valence-corrected chi connectivity index (χ1v) is 6.30. The molecule has 16 heavy (non-hydrogen) atoms. The van der Waals surface area contributed by atoms with Crippen molar-refractivity contribution in [2.24, 2.45) is 0 Å². The molecule has 2 rings (SSSR count). The van der Waals surface area contributed by atoms with Crippen LogP contribution in [0.3, 0.4) is 0 Å². The summed E-state index contributed by atoms with van der Waals surface area (Å²) in [5.74, 6) is 0. The molecular formula is C12H16N2OS. The minimum atomic E-state index is 0.292. The average molecular weight is 236 g/mol. The smallest absolute Gasteiger partial charge is 0.109 e. The van der Waals surface area contributed by atoms with Gasteiger partial charge in [-0.2, -0.15) is 0 Å². The van der Waals surface area contributed by atoms with E-state index in [1.54, 1.807) is 23.9 Å². The SMILES string of the molecule is CCc1cnc(C(C)NCc2ccoc2)s1. The molecule has 0 aliphatic rings. The number of hydrogen-bond acceptors (Lipinski definition) is 4. The molecule has 2 heterocycles. The van der Waals surface area contributed by atoms with E-state index in [2.05, 4.69) is 24.1 Å². The normalized spacial score (nSPS) is 12.9. The Morgan fingerprint density at radius 3 is 3.06 bits per heavy atom. The summed E-state index contributed by atoms with van der Waals surface area (Å²) >= 11 is 1.78. The molecule has 4 heteroatoms. The number of nitrogens with one attached hydrogen (secondary N) is 1. The van der Waals surface area contributed by atoms with Crippen LogP contribution in [0.1, 0.15) is 35.3 Å². The van der Waals surface area contributed by atoms with Gasteiger partial charge in [-0.25, -0.2) is 4.98 Å². The lowest BCUT2D eigenvalue weighted by Crippen LogP contribution is -2.17. The quantitative estimate of drug-likeness (QED) is 0.866. The van der Waals surface area contributed by atoms with E-state index >= 15 is 0 Å². The standard InChI is InChI=1S/C12H16N2OS/c1-3-11-7-14-12(16-11)9(2)13-6-10-4-5-15-8-10/h4-5,7-9,13H,3,6H2,1-2H3. The Balaban J connectivity index is 1.90. The highest BCUT2D eigenvalue weighted by Gasteiger charge is 2.09. The monoisotopic (exact) mass is 236 g/mol. The second kappa shape index (κ2) is 5.27. The van der Waals surface area contributed by atoms with E-state index in [9.17, 15) is 0 Å². The molecule has 0 bridgehead atoms. The fraction of sp³-hybridized carbons (Fsp3) is 0.417. The highest BCUT2D eigenvalue weighted by atomic mass is 32.1. The van der Waals surface area contributed by atoms with Gasteiger partial charge in [-0.05, 0) is 19.4 Å². The Morgan fingerprint density at radius 2 is 2.44 bits per heavy atom. The maximum Gasteiger partial charge on any atom is 0.109 e. The molecule has 3 nitrogen and oxygen atoms in total. The summed E-state index contributed by atoms with van der Waals surface area (Å²) in [6, 6.07) is 2.26. The molecule has 1 atom stereocenters. The zero-order valence-electron chi connectivity index (χ0n) is 9.56. The molecule has 1 unspecified atom stereocenters. The van der Waals surface area contributed by atoms with Gasteiger partial charge >= 0.3 is 0 Å². The maximum atomic E-state index is 5.02. The summed E-state index contributed by atoms with van der Waals surface area (Å²) in [6.45, 7) is 5.11. The van der Waals surface area contributed by atoms with Gasteiger partial charge in [-0.1, -0.05) is 6.92 Å². The van der Waals surface area contributed by atoms with Crippen LogP contribution in [-0.2, 0) is 13.0 Å². The number of thiazole rings is 1. The molecule has 0 aromatic carbocycles. The summed E-state index contributed by atoms with van der Waals surface area (Å²) in [5.41, 5.74) is 1.17. The van der Waals surface area contributed by atoms with Crippen LogP contribution >= 0.6 is 11.3 Å². The van der Waals surface area contributed by atoms with Crippen molar-refractivity contribution in [2.75, 3.05) is 0 Å². The van der Waals surface area contributed by atoms with E-state index in [0.29, 0.717) is 6.04 Å². The molecule has 0 fully saturated rings. The van der Waals surface area contributed by atoms with Gasteiger partial charge in [0.1, 0.15) is 5.01 Å². The second-order valence-electron chi connectivity index (χ2n) is 3.75. The van der Waals surface area contributed by atoms with Crippen LogP contribution < -0.4 is 5.32 Å². The van der Waals surface area contributed by atoms with Crippen molar-refractivity contribution in [1.82, 2.24) is 10.3 Å². The fourth-order valence-electron chi connectivity index (χ4n) is 1.44. The molecule has 0 spiro atoms. The average Bonchev–Trinajstić information content (AvgIpc) is 2.96. The van der Waals surface area contributed by atoms with Crippen molar-refractivity contribution in [3.8, 4) is 0 Å². The molecule has 1 N–H and O–H groups in total. The van der Waals surface area contributed by atoms with Crippen LogP contribution in [0.2, 0.25) is 0 Å². The number of aromatic nitrogens is 1. The van der Waals surface area contributed by atoms with Crippen molar-refractivity contribution in [2.45, 2.75) is 32.9 Å². The first-order valence-electron chi connectivity index (χ1n) is 5.48. The first-order chi connectivity index (χ1) is 7.79. The molecule has 0 amide bonds. The van der Waals surface area contributed by atoms with Gasteiger partial charge in [-0.3, -0.25) is 0 Å². The van der Waals surface area contributed by atoms with Crippen LogP contribution in [0, 0.1) is 0 Å². The summed E-state index contributed by atoms with van der Waals surface area (Å²) in [6.07, 6.45) is 6.49. The fourth-order valence-corrected chi connectivity index (χ4v) is 2.32. The van der Waals surface area contributed by atoms with Gasteiger partial charge in [0.25, 0.3) is 0 Å². The van der Waals surface area contributed by atoms with Gasteiger partial charge in [-0.15, -0.1) is 11.3 Å². The lowest BCUT2D eigenvalue weighted by Gasteiger charge is -2.09. The molecule has 0 radical (unpaired) electrons.